The van der Waals surface area contributed by atoms with E-state index >= 15 is 0 Å². The van der Waals surface area contributed by atoms with Crippen molar-refractivity contribution in [3.05, 3.63) is 65.0 Å². The van der Waals surface area contributed by atoms with Crippen molar-refractivity contribution in [2.75, 3.05) is 33.3 Å². The number of aliphatic hydroxyl groups excluding tert-OH is 1. The topological polar surface area (TPSA) is 84.2 Å². The quantitative estimate of drug-likeness (QED) is 0.383. The fourth-order valence-electron chi connectivity index (χ4n) is 4.07. The molecule has 1 aliphatic rings. The van der Waals surface area contributed by atoms with Crippen LogP contribution in [0.25, 0.3) is 5.76 Å². The number of ketones is 1. The predicted molar refractivity (Wildman–Crippen MR) is 118 cm³/mol. The lowest BCUT2D eigenvalue weighted by Crippen LogP contribution is -3.12. The van der Waals surface area contributed by atoms with Crippen molar-refractivity contribution in [3.63, 3.8) is 0 Å². The van der Waals surface area contributed by atoms with E-state index in [1.54, 1.807) is 54.7 Å². The molecule has 2 aromatic rings. The first-order chi connectivity index (χ1) is 14.9. The van der Waals surface area contributed by atoms with Crippen LogP contribution < -0.4 is 9.64 Å². The van der Waals surface area contributed by atoms with E-state index in [2.05, 4.69) is 18.8 Å². The van der Waals surface area contributed by atoms with E-state index in [9.17, 15) is 14.7 Å². The minimum atomic E-state index is -0.665. The number of pyridine rings is 1. The third kappa shape index (κ3) is 4.46. The van der Waals surface area contributed by atoms with Crippen LogP contribution in [-0.4, -0.2) is 60.0 Å². The normalized spacial score (nSPS) is 18.1. The molecule has 164 valence electrons. The lowest BCUT2D eigenvalue weighted by Gasteiger charge is -2.26. The van der Waals surface area contributed by atoms with Crippen molar-refractivity contribution < 1.29 is 24.3 Å². The number of carbonyl (C=O) groups excluding carboxylic acids is 2. The van der Waals surface area contributed by atoms with Gasteiger partial charge in [0.1, 0.15) is 11.5 Å². The zero-order valence-electron chi connectivity index (χ0n) is 18.5. The minimum absolute atomic E-state index is 0.107. The Labute approximate surface area is 183 Å². The second-order valence-corrected chi connectivity index (χ2v) is 7.66. The molecule has 0 unspecified atom stereocenters. The van der Waals surface area contributed by atoms with E-state index in [0.29, 0.717) is 17.9 Å². The van der Waals surface area contributed by atoms with Gasteiger partial charge >= 0.3 is 0 Å². The molecule has 1 aromatic heterocycles. The predicted octanol–water partition coefficient (Wildman–Crippen LogP) is 1.75. The van der Waals surface area contributed by atoms with E-state index in [1.165, 1.54) is 4.90 Å². The molecule has 0 saturated carbocycles. The van der Waals surface area contributed by atoms with Crippen LogP contribution in [0, 0.1) is 6.92 Å². The summed E-state index contributed by atoms with van der Waals surface area (Å²) in [5.74, 6) is -0.740. The third-order valence-corrected chi connectivity index (χ3v) is 5.94. The molecule has 1 saturated heterocycles. The highest BCUT2D eigenvalue weighted by Crippen LogP contribution is 2.39. The van der Waals surface area contributed by atoms with Gasteiger partial charge in [-0.1, -0.05) is 0 Å². The van der Waals surface area contributed by atoms with Crippen LogP contribution in [-0.2, 0) is 9.59 Å². The molecule has 1 aliphatic heterocycles. The van der Waals surface area contributed by atoms with Gasteiger partial charge < -0.3 is 19.6 Å². The van der Waals surface area contributed by atoms with Gasteiger partial charge in [-0.3, -0.25) is 14.6 Å². The summed E-state index contributed by atoms with van der Waals surface area (Å²) in [4.78, 5) is 33.0. The maximum atomic E-state index is 13.0. The molecule has 1 fully saturated rings. The Bertz CT molecular complexity index is 984. The van der Waals surface area contributed by atoms with Crippen LogP contribution in [0.4, 0.5) is 0 Å². The summed E-state index contributed by atoms with van der Waals surface area (Å²) in [5, 5.41) is 11.1. The first-order valence-corrected chi connectivity index (χ1v) is 10.6. The Morgan fingerprint density at radius 1 is 1.16 bits per heavy atom. The molecule has 1 atom stereocenters. The first kappa shape index (κ1) is 22.5. The Morgan fingerprint density at radius 3 is 2.42 bits per heavy atom. The van der Waals surface area contributed by atoms with Gasteiger partial charge in [-0.2, -0.15) is 0 Å². The van der Waals surface area contributed by atoms with Gasteiger partial charge in [-0.15, -0.1) is 0 Å². The number of nitrogens with zero attached hydrogens (tertiary/aromatic N) is 2. The highest BCUT2D eigenvalue weighted by atomic mass is 16.5. The van der Waals surface area contributed by atoms with Crippen molar-refractivity contribution >= 4 is 17.4 Å². The summed E-state index contributed by atoms with van der Waals surface area (Å²) < 4.78 is 5.29. The van der Waals surface area contributed by atoms with Gasteiger partial charge in [0.05, 0.1) is 44.9 Å². The van der Waals surface area contributed by atoms with E-state index in [-0.39, 0.29) is 11.3 Å². The second-order valence-electron chi connectivity index (χ2n) is 7.66. The molecule has 0 spiro atoms. The van der Waals surface area contributed by atoms with Crippen LogP contribution in [0.2, 0.25) is 0 Å². The Hall–Kier alpha value is -3.19. The van der Waals surface area contributed by atoms with Crippen LogP contribution >= 0.6 is 0 Å². The maximum Gasteiger partial charge on any atom is 0.295 e. The van der Waals surface area contributed by atoms with Crippen molar-refractivity contribution in [2.24, 2.45) is 0 Å². The molecule has 7 heteroatoms. The summed E-state index contributed by atoms with van der Waals surface area (Å²) in [6.07, 6.45) is 3.26. The number of likely N-dealkylation sites (tertiary alicyclic amines) is 1. The summed E-state index contributed by atoms with van der Waals surface area (Å²) in [5.41, 5.74) is 2.15. The molecular formula is C24H30N3O4+. The van der Waals surface area contributed by atoms with E-state index < -0.39 is 17.7 Å². The number of Topliss-reactive ketones (excluding diaryl/α,β-unsaturated/α-hetero) is 1. The summed E-state index contributed by atoms with van der Waals surface area (Å²) in [7, 11) is 1.58. The molecule has 0 bridgehead atoms. The summed E-state index contributed by atoms with van der Waals surface area (Å²) >= 11 is 0. The average molecular weight is 425 g/mol. The first-order valence-electron chi connectivity index (χ1n) is 10.6. The average Bonchev–Trinajstić information content (AvgIpc) is 3.04. The fraction of sp³-hybridized carbons (Fsp3) is 0.375. The zero-order valence-corrected chi connectivity index (χ0v) is 18.5. The number of amides is 1. The van der Waals surface area contributed by atoms with Gasteiger partial charge in [0.2, 0.25) is 0 Å². The number of carbonyl (C=O) groups is 2. The number of methoxy groups -OCH3 is 1. The molecule has 2 N–H and O–H groups in total. The number of hydrogen-bond acceptors (Lipinski definition) is 5. The van der Waals surface area contributed by atoms with E-state index in [0.717, 1.165) is 30.8 Å². The molecule has 0 radical (unpaired) electrons. The lowest BCUT2D eigenvalue weighted by atomic mass is 9.95. The van der Waals surface area contributed by atoms with Crippen molar-refractivity contribution in [2.45, 2.75) is 26.8 Å². The zero-order chi connectivity index (χ0) is 22.5. The van der Waals surface area contributed by atoms with Crippen molar-refractivity contribution in [1.29, 1.82) is 0 Å². The number of ether oxygens (including phenoxy) is 1. The number of nitrogens with one attached hydrogen (secondary N) is 1. The largest absolute Gasteiger partial charge is 0.507 e. The number of likely N-dealkylation sites (N-methyl/N-ethyl adjacent to an activating group) is 1. The smallest absolute Gasteiger partial charge is 0.295 e. The highest BCUT2D eigenvalue weighted by molar-refractivity contribution is 6.46. The number of benzene rings is 1. The highest BCUT2D eigenvalue weighted by Gasteiger charge is 2.46. The number of aryl methyl sites for hydroxylation is 1. The molecular weight excluding hydrogens is 394 g/mol. The minimum Gasteiger partial charge on any atom is -0.507 e. The number of aliphatic hydroxyl groups is 1. The monoisotopic (exact) mass is 424 g/mol. The molecule has 3 rings (SSSR count). The number of aromatic nitrogens is 1. The third-order valence-electron chi connectivity index (χ3n) is 5.94. The van der Waals surface area contributed by atoms with Gasteiger partial charge in [-0.25, -0.2) is 0 Å². The van der Waals surface area contributed by atoms with Crippen LogP contribution in [0.5, 0.6) is 5.75 Å². The van der Waals surface area contributed by atoms with Crippen LogP contribution in [0.1, 0.15) is 36.6 Å². The maximum absolute atomic E-state index is 13.0. The molecule has 31 heavy (non-hydrogen) atoms. The van der Waals surface area contributed by atoms with E-state index in [1.807, 2.05) is 6.92 Å². The van der Waals surface area contributed by atoms with Crippen molar-refractivity contribution in [1.82, 2.24) is 9.88 Å². The Balaban J connectivity index is 2.08. The van der Waals surface area contributed by atoms with Crippen molar-refractivity contribution in [3.8, 4) is 5.75 Å². The summed E-state index contributed by atoms with van der Waals surface area (Å²) in [6, 6.07) is 8.09. The number of rotatable bonds is 8. The molecule has 1 amide bonds. The van der Waals surface area contributed by atoms with Gasteiger partial charge in [0.15, 0.2) is 0 Å². The fourth-order valence-corrected chi connectivity index (χ4v) is 4.07. The molecule has 7 nitrogen and oxygen atoms in total. The van der Waals surface area contributed by atoms with Gasteiger partial charge in [-0.05, 0) is 62.2 Å². The van der Waals surface area contributed by atoms with Gasteiger partial charge in [0, 0.05) is 18.0 Å². The second kappa shape index (κ2) is 9.75. The van der Waals surface area contributed by atoms with Crippen LogP contribution in [0.3, 0.4) is 0 Å². The molecule has 2 heterocycles. The van der Waals surface area contributed by atoms with Gasteiger partial charge in [0.25, 0.3) is 11.7 Å². The molecule has 0 aliphatic carbocycles. The Morgan fingerprint density at radius 2 is 1.84 bits per heavy atom. The van der Waals surface area contributed by atoms with E-state index in [4.69, 9.17) is 4.74 Å². The molecule has 1 aromatic carbocycles. The number of quaternary nitrogens is 1. The Kier molecular flexibility index (Phi) is 7.07. The van der Waals surface area contributed by atoms with Crippen LogP contribution in [0.15, 0.2) is 48.3 Å². The number of hydrogen-bond donors (Lipinski definition) is 2. The standard InChI is InChI=1S/C24H29N3O4/c1-5-26(6-2)13-14-27-21(17-9-11-25-12-10-17)20(23(29)24(27)30)22(28)18-7-8-19(31-4)16(3)15-18/h7-12,15,21,28H,5-6,13-14H2,1-4H3/p+1/b22-20+/t21-/m1/s1. The SMILES string of the molecule is CC[NH+](CC)CCN1C(=O)C(=O)/C(=C(/O)c2ccc(OC)c(C)c2)[C@H]1c1ccncc1. The summed E-state index contributed by atoms with van der Waals surface area (Å²) in [6.45, 7) is 9.08. The lowest BCUT2D eigenvalue weighted by molar-refractivity contribution is -0.895.